The Hall–Kier alpha value is -1.98. The lowest BCUT2D eigenvalue weighted by Crippen LogP contribution is -2.23. The summed E-state index contributed by atoms with van der Waals surface area (Å²) in [6.45, 7) is 2.00. The van der Waals surface area contributed by atoms with Crippen molar-refractivity contribution in [1.29, 1.82) is 0 Å². The van der Waals surface area contributed by atoms with Gasteiger partial charge in [0, 0.05) is 12.6 Å². The summed E-state index contributed by atoms with van der Waals surface area (Å²) in [5.41, 5.74) is -0.663. The van der Waals surface area contributed by atoms with E-state index < -0.39 is 22.3 Å². The molecule has 1 aromatic rings. The Balaban J connectivity index is 3.18. The monoisotopic (exact) mass is 212 g/mol. The van der Waals surface area contributed by atoms with Gasteiger partial charge in [-0.25, -0.2) is 4.39 Å². The van der Waals surface area contributed by atoms with Crippen molar-refractivity contribution >= 4 is 11.6 Å². The number of nitrogens with one attached hydrogen (secondary N) is 1. The number of nitrogens with zero attached hydrogens (tertiary/aromatic N) is 1. The maximum atomic E-state index is 12.8. The van der Waals surface area contributed by atoms with E-state index in [-0.39, 0.29) is 5.56 Å². The van der Waals surface area contributed by atoms with Crippen molar-refractivity contribution < 1.29 is 14.1 Å². The zero-order valence-electron chi connectivity index (χ0n) is 7.99. The highest BCUT2D eigenvalue weighted by atomic mass is 19.1. The van der Waals surface area contributed by atoms with Crippen molar-refractivity contribution in [2.75, 3.05) is 6.54 Å². The number of rotatable bonds is 3. The lowest BCUT2D eigenvalue weighted by Gasteiger charge is -2.02. The first kappa shape index (κ1) is 11.1. The van der Waals surface area contributed by atoms with Gasteiger partial charge < -0.3 is 5.32 Å². The SMILES string of the molecule is CCNC(=O)c1cc(F)ccc1[N+](=O)[O-]. The zero-order chi connectivity index (χ0) is 11.4. The quantitative estimate of drug-likeness (QED) is 0.609. The third-order valence-corrected chi connectivity index (χ3v) is 1.74. The van der Waals surface area contributed by atoms with Gasteiger partial charge in [-0.05, 0) is 19.1 Å². The fourth-order valence-electron chi connectivity index (χ4n) is 1.11. The van der Waals surface area contributed by atoms with E-state index in [1.807, 2.05) is 0 Å². The van der Waals surface area contributed by atoms with Crippen molar-refractivity contribution in [1.82, 2.24) is 5.32 Å². The van der Waals surface area contributed by atoms with Crippen LogP contribution in [0.4, 0.5) is 10.1 Å². The molecule has 0 unspecified atom stereocenters. The smallest absolute Gasteiger partial charge is 0.282 e. The predicted octanol–water partition coefficient (Wildman–Crippen LogP) is 1.48. The summed E-state index contributed by atoms with van der Waals surface area (Å²) in [4.78, 5) is 21.2. The van der Waals surface area contributed by atoms with Crippen molar-refractivity contribution in [3.05, 3.63) is 39.7 Å². The molecule has 15 heavy (non-hydrogen) atoms. The molecule has 0 aromatic heterocycles. The van der Waals surface area contributed by atoms with Crippen LogP contribution in [0.15, 0.2) is 18.2 Å². The van der Waals surface area contributed by atoms with Crippen LogP contribution in [0, 0.1) is 15.9 Å². The molecule has 0 bridgehead atoms. The van der Waals surface area contributed by atoms with Gasteiger partial charge in [0.15, 0.2) is 0 Å². The van der Waals surface area contributed by atoms with Crippen LogP contribution in [0.1, 0.15) is 17.3 Å². The van der Waals surface area contributed by atoms with Crippen molar-refractivity contribution in [3.8, 4) is 0 Å². The summed E-state index contributed by atoms with van der Waals surface area (Å²) in [6, 6.07) is 2.77. The molecule has 6 heteroatoms. The number of benzene rings is 1. The fraction of sp³-hybridized carbons (Fsp3) is 0.222. The Morgan fingerprint density at radius 3 is 2.80 bits per heavy atom. The molecule has 1 N–H and O–H groups in total. The number of carbonyl (C=O) groups is 1. The molecule has 0 saturated carbocycles. The molecule has 0 radical (unpaired) electrons. The summed E-state index contributed by atoms with van der Waals surface area (Å²) in [5, 5.41) is 12.9. The van der Waals surface area contributed by atoms with Gasteiger partial charge in [0.1, 0.15) is 11.4 Å². The number of carbonyl (C=O) groups excluding carboxylic acids is 1. The van der Waals surface area contributed by atoms with Gasteiger partial charge in [0.2, 0.25) is 0 Å². The topological polar surface area (TPSA) is 72.2 Å². The normalized spacial score (nSPS) is 9.73. The second-order valence-electron chi connectivity index (χ2n) is 2.78. The number of hydrogen-bond acceptors (Lipinski definition) is 3. The van der Waals surface area contributed by atoms with Gasteiger partial charge >= 0.3 is 0 Å². The van der Waals surface area contributed by atoms with Crippen LogP contribution in [0.25, 0.3) is 0 Å². The fourth-order valence-corrected chi connectivity index (χ4v) is 1.11. The summed E-state index contributed by atoms with van der Waals surface area (Å²) < 4.78 is 12.8. The molecular formula is C9H9FN2O3. The third kappa shape index (κ3) is 2.49. The predicted molar refractivity (Wildman–Crippen MR) is 51.1 cm³/mol. The van der Waals surface area contributed by atoms with Crippen LogP contribution in [0.5, 0.6) is 0 Å². The van der Waals surface area contributed by atoms with E-state index in [4.69, 9.17) is 0 Å². The average molecular weight is 212 g/mol. The molecule has 1 amide bonds. The van der Waals surface area contributed by atoms with Crippen LogP contribution in [0.2, 0.25) is 0 Å². The minimum atomic E-state index is -0.718. The molecule has 0 aliphatic carbocycles. The molecule has 80 valence electrons. The minimum absolute atomic E-state index is 0.262. The highest BCUT2D eigenvalue weighted by Crippen LogP contribution is 2.19. The molecule has 1 aromatic carbocycles. The molecule has 0 fully saturated rings. The standard InChI is InChI=1S/C9H9FN2O3/c1-2-11-9(13)7-5-6(10)3-4-8(7)12(14)15/h3-5H,2H2,1H3,(H,11,13). The number of amides is 1. The Morgan fingerprint density at radius 1 is 1.60 bits per heavy atom. The van der Waals surface area contributed by atoms with Gasteiger partial charge in [-0.3, -0.25) is 14.9 Å². The lowest BCUT2D eigenvalue weighted by molar-refractivity contribution is -0.385. The van der Waals surface area contributed by atoms with E-state index in [1.54, 1.807) is 6.92 Å². The largest absolute Gasteiger partial charge is 0.352 e. The third-order valence-electron chi connectivity index (χ3n) is 1.74. The molecule has 0 aliphatic rings. The van der Waals surface area contributed by atoms with Gasteiger partial charge in [0.25, 0.3) is 11.6 Å². The van der Waals surface area contributed by atoms with Crippen molar-refractivity contribution in [2.45, 2.75) is 6.92 Å². The average Bonchev–Trinajstić information content (AvgIpc) is 2.17. The molecule has 1 rings (SSSR count). The maximum Gasteiger partial charge on any atom is 0.282 e. The van der Waals surface area contributed by atoms with Crippen LogP contribution >= 0.6 is 0 Å². The van der Waals surface area contributed by atoms with E-state index in [1.165, 1.54) is 0 Å². The van der Waals surface area contributed by atoms with E-state index in [0.717, 1.165) is 18.2 Å². The van der Waals surface area contributed by atoms with E-state index in [9.17, 15) is 19.3 Å². The van der Waals surface area contributed by atoms with Crippen LogP contribution in [-0.4, -0.2) is 17.4 Å². The second kappa shape index (κ2) is 4.50. The molecule has 0 aliphatic heterocycles. The molecular weight excluding hydrogens is 203 g/mol. The summed E-state index contributed by atoms with van der Waals surface area (Å²) in [7, 11) is 0. The Bertz CT molecular complexity index is 406. The first-order valence-corrected chi connectivity index (χ1v) is 4.28. The number of hydrogen-bond donors (Lipinski definition) is 1. The highest BCUT2D eigenvalue weighted by molar-refractivity contribution is 5.98. The van der Waals surface area contributed by atoms with E-state index in [0.29, 0.717) is 6.54 Å². The van der Waals surface area contributed by atoms with Crippen LogP contribution in [0.3, 0.4) is 0 Å². The second-order valence-corrected chi connectivity index (χ2v) is 2.78. The van der Waals surface area contributed by atoms with Gasteiger partial charge in [-0.1, -0.05) is 0 Å². The first-order valence-electron chi connectivity index (χ1n) is 4.28. The Kier molecular flexibility index (Phi) is 3.33. The van der Waals surface area contributed by atoms with Crippen molar-refractivity contribution in [2.24, 2.45) is 0 Å². The minimum Gasteiger partial charge on any atom is -0.352 e. The van der Waals surface area contributed by atoms with E-state index >= 15 is 0 Å². The Labute approximate surface area is 85.1 Å². The van der Waals surface area contributed by atoms with Crippen molar-refractivity contribution in [3.63, 3.8) is 0 Å². The van der Waals surface area contributed by atoms with Gasteiger partial charge in [-0.2, -0.15) is 0 Å². The molecule has 0 atom stereocenters. The lowest BCUT2D eigenvalue weighted by atomic mass is 10.1. The molecule has 0 saturated heterocycles. The van der Waals surface area contributed by atoms with Crippen LogP contribution < -0.4 is 5.32 Å². The summed E-state index contributed by atoms with van der Waals surface area (Å²) >= 11 is 0. The zero-order valence-corrected chi connectivity index (χ0v) is 7.99. The number of nitro benzene ring substituents is 1. The molecule has 0 heterocycles. The Morgan fingerprint density at radius 2 is 2.27 bits per heavy atom. The highest BCUT2D eigenvalue weighted by Gasteiger charge is 2.19. The number of halogens is 1. The summed E-state index contributed by atoms with van der Waals surface area (Å²) in [6.07, 6.45) is 0. The van der Waals surface area contributed by atoms with Gasteiger partial charge in [0.05, 0.1) is 4.92 Å². The number of nitro groups is 1. The summed E-state index contributed by atoms with van der Waals surface area (Å²) in [5.74, 6) is -1.33. The first-order chi connectivity index (χ1) is 7.06. The molecule has 0 spiro atoms. The van der Waals surface area contributed by atoms with E-state index in [2.05, 4.69) is 5.32 Å². The molecule has 5 nitrogen and oxygen atoms in total. The van der Waals surface area contributed by atoms with Crippen LogP contribution in [-0.2, 0) is 0 Å². The van der Waals surface area contributed by atoms with Gasteiger partial charge in [-0.15, -0.1) is 0 Å². The maximum absolute atomic E-state index is 12.8.